The molecule has 1 N–H and O–H groups in total. The molecule has 1 aromatic carbocycles. The molecule has 9 heteroatoms. The standard InChI is InChI=1S/C26H27F2N5O2/c1-16-11-12-29-33(16)15-23(34)32-14-19(27)13-22(32)26(35)31-24(18-5-3-2-4-6-18)21-10-9-20(17-7-8-17)25(28)30-21/h2-6,9-12,17,19,22,24H,7-8,13-15H2,1H3,(H,31,35)/t19-,22+,24+/m1/s1. The Morgan fingerprint density at radius 2 is 1.91 bits per heavy atom. The van der Waals surface area contributed by atoms with E-state index in [0.717, 1.165) is 18.5 Å². The summed E-state index contributed by atoms with van der Waals surface area (Å²) in [4.78, 5) is 31.8. The molecule has 7 nitrogen and oxygen atoms in total. The van der Waals surface area contributed by atoms with Crippen LogP contribution in [0.25, 0.3) is 0 Å². The Morgan fingerprint density at radius 1 is 1.14 bits per heavy atom. The summed E-state index contributed by atoms with van der Waals surface area (Å²) in [7, 11) is 0. The lowest BCUT2D eigenvalue weighted by atomic mass is 10.0. The lowest BCUT2D eigenvalue weighted by Crippen LogP contribution is -2.48. The van der Waals surface area contributed by atoms with E-state index in [1.54, 1.807) is 24.4 Å². The van der Waals surface area contributed by atoms with Crippen molar-refractivity contribution in [3.63, 3.8) is 0 Å². The van der Waals surface area contributed by atoms with Crippen LogP contribution < -0.4 is 5.32 Å². The smallest absolute Gasteiger partial charge is 0.245 e. The number of amides is 2. The molecule has 2 aliphatic rings. The highest BCUT2D eigenvalue weighted by Crippen LogP contribution is 2.41. The third-order valence-corrected chi connectivity index (χ3v) is 6.72. The lowest BCUT2D eigenvalue weighted by molar-refractivity contribution is -0.139. The predicted octanol–water partition coefficient (Wildman–Crippen LogP) is 3.45. The quantitative estimate of drug-likeness (QED) is 0.527. The molecular formula is C26H27F2N5O2. The van der Waals surface area contributed by atoms with Crippen LogP contribution in [-0.4, -0.2) is 50.2 Å². The average molecular weight is 480 g/mol. The number of halogens is 2. The van der Waals surface area contributed by atoms with Crippen molar-refractivity contribution < 1.29 is 18.4 Å². The number of carbonyl (C=O) groups is 2. The van der Waals surface area contributed by atoms with E-state index in [2.05, 4.69) is 15.4 Å². The molecule has 182 valence electrons. The van der Waals surface area contributed by atoms with Crippen molar-refractivity contribution in [2.24, 2.45) is 0 Å². The van der Waals surface area contributed by atoms with E-state index in [-0.39, 0.29) is 31.3 Å². The number of benzene rings is 1. The van der Waals surface area contributed by atoms with Gasteiger partial charge in [-0.05, 0) is 43.4 Å². The van der Waals surface area contributed by atoms with E-state index >= 15 is 0 Å². The van der Waals surface area contributed by atoms with E-state index in [4.69, 9.17) is 0 Å². The molecule has 5 rings (SSSR count). The predicted molar refractivity (Wildman–Crippen MR) is 125 cm³/mol. The second-order valence-electron chi connectivity index (χ2n) is 9.27. The Morgan fingerprint density at radius 3 is 2.57 bits per heavy atom. The summed E-state index contributed by atoms with van der Waals surface area (Å²) < 4.78 is 30.7. The van der Waals surface area contributed by atoms with E-state index in [9.17, 15) is 18.4 Å². The Balaban J connectivity index is 1.38. The molecule has 2 amide bonds. The molecule has 0 unspecified atom stereocenters. The van der Waals surface area contributed by atoms with Gasteiger partial charge in [-0.1, -0.05) is 36.4 Å². The summed E-state index contributed by atoms with van der Waals surface area (Å²) in [5.74, 6) is -1.21. The summed E-state index contributed by atoms with van der Waals surface area (Å²) in [6.45, 7) is 1.58. The first-order chi connectivity index (χ1) is 16.9. The van der Waals surface area contributed by atoms with E-state index in [1.165, 1.54) is 9.58 Å². The average Bonchev–Trinajstić information content (AvgIpc) is 3.50. The van der Waals surface area contributed by atoms with Crippen molar-refractivity contribution in [2.75, 3.05) is 6.54 Å². The lowest BCUT2D eigenvalue weighted by Gasteiger charge is -2.27. The van der Waals surface area contributed by atoms with Gasteiger partial charge >= 0.3 is 0 Å². The maximum atomic E-state index is 14.8. The molecule has 0 bridgehead atoms. The van der Waals surface area contributed by atoms with Crippen molar-refractivity contribution in [1.82, 2.24) is 25.0 Å². The monoisotopic (exact) mass is 479 g/mol. The highest BCUT2D eigenvalue weighted by atomic mass is 19.1. The second-order valence-corrected chi connectivity index (χ2v) is 9.27. The fourth-order valence-corrected chi connectivity index (χ4v) is 4.62. The Hall–Kier alpha value is -3.62. The minimum Gasteiger partial charge on any atom is -0.342 e. The summed E-state index contributed by atoms with van der Waals surface area (Å²) in [6, 6.07) is 12.6. The van der Waals surface area contributed by atoms with Crippen molar-refractivity contribution in [3.05, 3.63) is 83.2 Å². The number of hydrogen-bond acceptors (Lipinski definition) is 4. The molecule has 1 saturated carbocycles. The zero-order valence-electron chi connectivity index (χ0n) is 19.4. The van der Waals surface area contributed by atoms with Crippen LogP contribution in [0.5, 0.6) is 0 Å². The number of rotatable bonds is 7. The molecular weight excluding hydrogens is 452 g/mol. The van der Waals surface area contributed by atoms with Crippen molar-refractivity contribution >= 4 is 11.8 Å². The zero-order chi connectivity index (χ0) is 24.5. The maximum Gasteiger partial charge on any atom is 0.245 e. The summed E-state index contributed by atoms with van der Waals surface area (Å²) in [5, 5.41) is 7.01. The Labute approximate surface area is 202 Å². The van der Waals surface area contributed by atoms with Gasteiger partial charge < -0.3 is 10.2 Å². The van der Waals surface area contributed by atoms with Crippen molar-refractivity contribution in [1.29, 1.82) is 0 Å². The Kier molecular flexibility index (Phi) is 6.32. The second kappa shape index (κ2) is 9.56. The molecule has 3 aromatic rings. The summed E-state index contributed by atoms with van der Waals surface area (Å²) >= 11 is 0. The van der Waals surface area contributed by atoms with Crippen molar-refractivity contribution in [3.8, 4) is 0 Å². The molecule has 2 fully saturated rings. The first-order valence-electron chi connectivity index (χ1n) is 11.8. The minimum atomic E-state index is -1.31. The van der Waals surface area contributed by atoms with E-state index in [0.29, 0.717) is 16.8 Å². The zero-order valence-corrected chi connectivity index (χ0v) is 19.4. The van der Waals surface area contributed by atoms with Gasteiger partial charge in [0.2, 0.25) is 17.8 Å². The van der Waals surface area contributed by atoms with Gasteiger partial charge in [0.1, 0.15) is 18.8 Å². The highest BCUT2D eigenvalue weighted by Gasteiger charge is 2.41. The fourth-order valence-electron chi connectivity index (χ4n) is 4.62. The molecule has 0 radical (unpaired) electrons. The van der Waals surface area contributed by atoms with Gasteiger partial charge in [0, 0.05) is 23.9 Å². The molecule has 2 aromatic heterocycles. The number of aryl methyl sites for hydroxylation is 1. The van der Waals surface area contributed by atoms with Crippen LogP contribution in [0.15, 0.2) is 54.7 Å². The van der Waals surface area contributed by atoms with Crippen LogP contribution in [0.4, 0.5) is 8.78 Å². The van der Waals surface area contributed by atoms with Crippen LogP contribution in [-0.2, 0) is 16.1 Å². The molecule has 1 aliphatic carbocycles. The third-order valence-electron chi connectivity index (χ3n) is 6.72. The number of nitrogens with zero attached hydrogens (tertiary/aromatic N) is 4. The number of nitrogens with one attached hydrogen (secondary N) is 1. The van der Waals surface area contributed by atoms with Gasteiger partial charge in [0.05, 0.1) is 18.3 Å². The number of alkyl halides is 1. The number of pyridine rings is 1. The molecule has 3 atom stereocenters. The molecule has 3 heterocycles. The first kappa shape index (κ1) is 23.1. The van der Waals surface area contributed by atoms with Crippen LogP contribution in [0.1, 0.15) is 53.7 Å². The van der Waals surface area contributed by atoms with Gasteiger partial charge in [-0.25, -0.2) is 9.37 Å². The van der Waals surface area contributed by atoms with Crippen LogP contribution >= 0.6 is 0 Å². The maximum absolute atomic E-state index is 14.8. The van der Waals surface area contributed by atoms with Gasteiger partial charge in [0.25, 0.3) is 0 Å². The van der Waals surface area contributed by atoms with E-state index < -0.39 is 30.1 Å². The van der Waals surface area contributed by atoms with Gasteiger partial charge in [-0.15, -0.1) is 0 Å². The number of likely N-dealkylation sites (tertiary alicyclic amines) is 1. The molecule has 1 saturated heterocycles. The molecule has 0 spiro atoms. The third kappa shape index (κ3) is 4.94. The van der Waals surface area contributed by atoms with Crippen LogP contribution in [0.3, 0.4) is 0 Å². The SMILES string of the molecule is Cc1ccnn1CC(=O)N1C[C@H](F)C[C@H]1C(=O)N[C@@H](c1ccccc1)c1ccc(C2CC2)c(F)n1. The Bertz CT molecular complexity index is 1230. The van der Waals surface area contributed by atoms with Gasteiger partial charge in [-0.2, -0.15) is 9.49 Å². The van der Waals surface area contributed by atoms with Crippen LogP contribution in [0.2, 0.25) is 0 Å². The van der Waals surface area contributed by atoms with Crippen LogP contribution in [0, 0.1) is 12.9 Å². The number of hydrogen-bond donors (Lipinski definition) is 1. The molecule has 1 aliphatic heterocycles. The number of carbonyl (C=O) groups excluding carboxylic acids is 2. The first-order valence-corrected chi connectivity index (χ1v) is 11.8. The summed E-state index contributed by atoms with van der Waals surface area (Å²) in [5.41, 5.74) is 2.45. The van der Waals surface area contributed by atoms with Crippen molar-refractivity contribution in [2.45, 2.75) is 56.9 Å². The number of aromatic nitrogens is 3. The van der Waals surface area contributed by atoms with Gasteiger partial charge in [0.15, 0.2) is 0 Å². The topological polar surface area (TPSA) is 80.1 Å². The normalized spacial score (nSPS) is 20.6. The highest BCUT2D eigenvalue weighted by molar-refractivity contribution is 5.88. The van der Waals surface area contributed by atoms with Gasteiger partial charge in [-0.3, -0.25) is 14.3 Å². The largest absolute Gasteiger partial charge is 0.342 e. The fraction of sp³-hybridized carbons (Fsp3) is 0.385. The molecule has 35 heavy (non-hydrogen) atoms. The summed E-state index contributed by atoms with van der Waals surface area (Å²) in [6.07, 6.45) is 2.08. The van der Waals surface area contributed by atoms with E-state index in [1.807, 2.05) is 37.3 Å². The minimum absolute atomic E-state index is 0.0765.